The number of phosphoric acid groups is 2. The molecule has 1 aromatic rings. The van der Waals surface area contributed by atoms with Crippen LogP contribution in [0.25, 0.3) is 10.4 Å². The first-order chi connectivity index (χ1) is 26.3. The van der Waals surface area contributed by atoms with E-state index in [9.17, 15) is 65.6 Å². The quantitative estimate of drug-likeness (QED) is 0.0415. The van der Waals surface area contributed by atoms with Gasteiger partial charge in [0.05, 0.1) is 12.6 Å². The van der Waals surface area contributed by atoms with Crippen LogP contribution in [0.2, 0.25) is 0 Å². The number of carbonyl (C=O) groups excluding carboxylic acids is 5. The van der Waals surface area contributed by atoms with E-state index in [1.54, 1.807) is 4.98 Å². The average molecular weight is 869 g/mol. The number of hydrogen-bond donors (Lipinski definition) is 4. The molecule has 3 rings (SSSR count). The Morgan fingerprint density at radius 1 is 0.965 bits per heavy atom. The summed E-state index contributed by atoms with van der Waals surface area (Å²) < 4.78 is 111. The zero-order valence-corrected chi connectivity index (χ0v) is 31.3. The molecule has 0 radical (unpaired) electrons. The molecular weight excluding hydrogens is 835 g/mol. The van der Waals surface area contributed by atoms with Gasteiger partial charge >= 0.3 is 51.4 Å². The standard InChI is InChI=1S/C26H33F3N6O20P2/c1-10-18(32-17(40)7-31-34-30)23(52-14(8-47-11(2)36)19(10)49-12(3)37)54-57(45,46)55-56(43,44)48-9-15-20(50-13(4)38)21(53-24(41)26(27,28)29)22(51-15)35-6-5-16(39)33-25(35)42/h5-6,10,14-15,18-23H,7-9H2,1-4H3,(H,32,40)(H,43,44)(H,45,46)(H,33,39,42)/t10-,14?,15-,18?,19-,20?,21+,22-,23-/m1/s1. The van der Waals surface area contributed by atoms with Crippen LogP contribution in [0.15, 0.2) is 27.0 Å². The van der Waals surface area contributed by atoms with Gasteiger partial charge < -0.3 is 43.5 Å². The number of halogens is 3. The van der Waals surface area contributed by atoms with E-state index in [0.717, 1.165) is 20.8 Å². The monoisotopic (exact) mass is 868 g/mol. The van der Waals surface area contributed by atoms with Crippen molar-refractivity contribution >= 4 is 45.4 Å². The molecule has 4 N–H and O–H groups in total. The highest BCUT2D eigenvalue weighted by molar-refractivity contribution is 7.61. The van der Waals surface area contributed by atoms with E-state index in [-0.39, 0.29) is 0 Å². The summed E-state index contributed by atoms with van der Waals surface area (Å²) in [5, 5.41) is 5.31. The van der Waals surface area contributed by atoms with Gasteiger partial charge in [-0.3, -0.25) is 42.6 Å². The molecule has 26 nitrogen and oxygen atoms in total. The summed E-state index contributed by atoms with van der Waals surface area (Å²) in [6.07, 6.45) is -18.7. The van der Waals surface area contributed by atoms with E-state index in [0.29, 0.717) is 16.8 Å². The Labute approximate surface area is 315 Å². The number of azide groups is 1. The number of alkyl halides is 3. The fourth-order valence-corrected chi connectivity index (χ4v) is 7.43. The summed E-state index contributed by atoms with van der Waals surface area (Å²) in [7, 11) is -11.9. The van der Waals surface area contributed by atoms with E-state index >= 15 is 0 Å². The van der Waals surface area contributed by atoms with Crippen molar-refractivity contribution in [2.24, 2.45) is 11.0 Å². The van der Waals surface area contributed by atoms with Crippen LogP contribution < -0.4 is 16.6 Å². The Balaban J connectivity index is 1.90. The molecule has 0 saturated carbocycles. The maximum atomic E-state index is 13.2. The highest BCUT2D eigenvalue weighted by atomic mass is 31.3. The van der Waals surface area contributed by atoms with Crippen LogP contribution in [0.3, 0.4) is 0 Å². The molecule has 2 aliphatic heterocycles. The predicted octanol–water partition coefficient (Wildman–Crippen LogP) is -0.259. The van der Waals surface area contributed by atoms with Gasteiger partial charge in [-0.1, -0.05) is 12.0 Å². The second kappa shape index (κ2) is 19.2. The minimum atomic E-state index is -5.95. The summed E-state index contributed by atoms with van der Waals surface area (Å²) in [5.41, 5.74) is 6.24. The third-order valence-corrected chi connectivity index (χ3v) is 10.0. The van der Waals surface area contributed by atoms with Crippen molar-refractivity contribution < 1.29 is 97.8 Å². The molecule has 0 spiro atoms. The maximum Gasteiger partial charge on any atom is 0.490 e. The van der Waals surface area contributed by atoms with E-state index < -0.39 is 138 Å². The van der Waals surface area contributed by atoms with Gasteiger partial charge in [-0.2, -0.15) is 17.5 Å². The van der Waals surface area contributed by atoms with Gasteiger partial charge in [-0.05, 0) is 5.53 Å². The number of H-pyrrole nitrogens is 1. The van der Waals surface area contributed by atoms with Gasteiger partial charge in [0.15, 0.2) is 24.7 Å². The number of phosphoric ester groups is 2. The average Bonchev–Trinajstić information content (AvgIpc) is 3.39. The lowest BCUT2D eigenvalue weighted by atomic mass is 9.88. The number of amides is 1. The lowest BCUT2D eigenvalue weighted by molar-refractivity contribution is -0.241. The van der Waals surface area contributed by atoms with Gasteiger partial charge in [0.1, 0.15) is 31.5 Å². The van der Waals surface area contributed by atoms with Gasteiger partial charge in [0.2, 0.25) is 5.91 Å². The largest absolute Gasteiger partial charge is 0.490 e. The van der Waals surface area contributed by atoms with Crippen molar-refractivity contribution in [1.29, 1.82) is 0 Å². The lowest BCUT2D eigenvalue weighted by Gasteiger charge is -2.44. The van der Waals surface area contributed by atoms with Crippen LogP contribution in [-0.4, -0.2) is 118 Å². The first-order valence-corrected chi connectivity index (χ1v) is 18.7. The highest BCUT2D eigenvalue weighted by Crippen LogP contribution is 2.61. The number of rotatable bonds is 16. The molecule has 1 amide bonds. The molecule has 11 atom stereocenters. The summed E-state index contributed by atoms with van der Waals surface area (Å²) in [4.78, 5) is 109. The van der Waals surface area contributed by atoms with E-state index in [2.05, 4.69) is 28.9 Å². The Morgan fingerprint density at radius 2 is 1.58 bits per heavy atom. The number of aromatic amines is 1. The van der Waals surface area contributed by atoms with Crippen molar-refractivity contribution in [3.8, 4) is 0 Å². The number of hydrogen-bond acceptors (Lipinski definition) is 19. The van der Waals surface area contributed by atoms with E-state index in [4.69, 9.17) is 33.7 Å². The third kappa shape index (κ3) is 13.5. The minimum Gasteiger partial charge on any atom is -0.463 e. The van der Waals surface area contributed by atoms with Crippen LogP contribution >= 0.6 is 15.6 Å². The number of nitrogens with one attached hydrogen (secondary N) is 2. The summed E-state index contributed by atoms with van der Waals surface area (Å²) in [5.74, 6) is -8.05. The molecule has 2 aliphatic rings. The van der Waals surface area contributed by atoms with E-state index in [1.165, 1.54) is 6.92 Å². The van der Waals surface area contributed by atoms with Gasteiger partial charge in [-0.15, -0.1) is 0 Å². The van der Waals surface area contributed by atoms with Gasteiger partial charge in [0.25, 0.3) is 5.56 Å². The fraction of sp³-hybridized carbons (Fsp3) is 0.654. The van der Waals surface area contributed by atoms with Crippen molar-refractivity contribution in [3.05, 3.63) is 43.5 Å². The summed E-state index contributed by atoms with van der Waals surface area (Å²) in [6, 6.07) is -0.914. The molecule has 31 heteroatoms. The smallest absolute Gasteiger partial charge is 0.463 e. The Kier molecular flexibility index (Phi) is 15.7. The Hall–Kier alpha value is -4.69. The predicted molar refractivity (Wildman–Crippen MR) is 170 cm³/mol. The summed E-state index contributed by atoms with van der Waals surface area (Å²) >= 11 is 0. The molecule has 2 saturated heterocycles. The maximum absolute atomic E-state index is 13.2. The molecule has 3 heterocycles. The first kappa shape index (κ1) is 46.7. The van der Waals surface area contributed by atoms with Gasteiger partial charge in [-0.25, -0.2) is 18.7 Å². The Bertz CT molecular complexity index is 1960. The normalized spacial score (nSPS) is 28.1. The SMILES string of the molecule is CC(=O)OCC1O[C@H](OP(=O)(O)OP(=O)(O)OC[C@H]2O[C@@H](n3ccc(=O)[nH]c3=O)[C@@H](OC(=O)C(F)(F)F)C2OC(C)=O)C(NC(=O)CN=[N+]=[N-])[C@@H](C)[C@H]1OC(C)=O. The number of carbonyl (C=O) groups is 5. The number of esters is 4. The second-order valence-electron chi connectivity index (χ2n) is 11.7. The molecule has 57 heavy (non-hydrogen) atoms. The number of ether oxygens (including phenoxy) is 6. The Morgan fingerprint density at radius 3 is 2.14 bits per heavy atom. The van der Waals surface area contributed by atoms with Crippen molar-refractivity contribution in [2.75, 3.05) is 19.8 Å². The van der Waals surface area contributed by atoms with Crippen LogP contribution in [-0.2, 0) is 74.9 Å². The lowest BCUT2D eigenvalue weighted by Crippen LogP contribution is -2.62. The third-order valence-electron chi connectivity index (χ3n) is 7.44. The van der Waals surface area contributed by atoms with E-state index in [1.807, 2.05) is 0 Å². The molecule has 0 aromatic carbocycles. The zero-order chi connectivity index (χ0) is 43.0. The zero-order valence-electron chi connectivity index (χ0n) is 29.5. The fourth-order valence-electron chi connectivity index (χ4n) is 5.27. The molecular formula is C26H33F3N6O20P2. The molecule has 0 bridgehead atoms. The van der Waals surface area contributed by atoms with Crippen molar-refractivity contribution in [2.45, 2.75) is 83.0 Å². The molecule has 1 aromatic heterocycles. The van der Waals surface area contributed by atoms with Crippen LogP contribution in [0.5, 0.6) is 0 Å². The molecule has 2 fully saturated rings. The van der Waals surface area contributed by atoms with Crippen molar-refractivity contribution in [3.63, 3.8) is 0 Å². The van der Waals surface area contributed by atoms with Gasteiger partial charge in [0, 0.05) is 43.9 Å². The van der Waals surface area contributed by atoms with Crippen LogP contribution in [0.1, 0.15) is 33.9 Å². The van der Waals surface area contributed by atoms with Crippen LogP contribution in [0.4, 0.5) is 13.2 Å². The second-order valence-corrected chi connectivity index (χ2v) is 14.7. The topological polar surface area (TPSA) is 359 Å². The molecule has 5 unspecified atom stereocenters. The molecule has 0 aliphatic carbocycles. The van der Waals surface area contributed by atoms with Crippen molar-refractivity contribution in [1.82, 2.24) is 14.9 Å². The first-order valence-electron chi connectivity index (χ1n) is 15.7. The number of aromatic nitrogens is 2. The summed E-state index contributed by atoms with van der Waals surface area (Å²) in [6.45, 7) is 1.13. The minimum absolute atomic E-state index is 0.408. The molecule has 318 valence electrons. The highest BCUT2D eigenvalue weighted by Gasteiger charge is 2.55. The van der Waals surface area contributed by atoms with Crippen LogP contribution in [0, 0.1) is 5.92 Å². The number of nitrogens with zero attached hydrogens (tertiary/aromatic N) is 4.